The van der Waals surface area contributed by atoms with Crippen LogP contribution in [0.3, 0.4) is 0 Å². The lowest BCUT2D eigenvalue weighted by Gasteiger charge is -2.20. The minimum absolute atomic E-state index is 0.247. The molecule has 0 spiro atoms. The number of hydrogen-bond donors (Lipinski definition) is 2. The van der Waals surface area contributed by atoms with E-state index in [1.165, 1.54) is 16.0 Å². The zero-order valence-electron chi connectivity index (χ0n) is 12.2. The summed E-state index contributed by atoms with van der Waals surface area (Å²) in [5, 5.41) is 16.0. The Bertz CT molecular complexity index is 606. The predicted molar refractivity (Wildman–Crippen MR) is 84.5 cm³/mol. The number of rotatable bonds is 3. The van der Waals surface area contributed by atoms with Crippen molar-refractivity contribution in [1.82, 2.24) is 5.32 Å². The molecule has 0 radical (unpaired) electrons. The summed E-state index contributed by atoms with van der Waals surface area (Å²) in [5.74, 6) is 0.941. The van der Waals surface area contributed by atoms with Crippen LogP contribution in [0.15, 0.2) is 29.6 Å². The number of nitrogens with one attached hydrogen (secondary N) is 1. The van der Waals surface area contributed by atoms with Gasteiger partial charge in [-0.25, -0.2) is 0 Å². The van der Waals surface area contributed by atoms with E-state index in [1.807, 2.05) is 12.1 Å². The third-order valence-corrected chi connectivity index (χ3v) is 5.39. The normalized spacial score (nSPS) is 22.8. The maximum absolute atomic E-state index is 10.3. The number of hydrogen-bond acceptors (Lipinski definition) is 3. The van der Waals surface area contributed by atoms with Crippen LogP contribution in [0.4, 0.5) is 0 Å². The maximum Gasteiger partial charge on any atom is 0.120 e. The second-order valence-electron chi connectivity index (χ2n) is 5.82. The lowest BCUT2D eigenvalue weighted by atomic mass is 9.97. The molecule has 0 aliphatic heterocycles. The van der Waals surface area contributed by atoms with E-state index in [4.69, 9.17) is 0 Å². The summed E-state index contributed by atoms with van der Waals surface area (Å²) in [5.41, 5.74) is 3.74. The molecule has 0 bridgehead atoms. The van der Waals surface area contributed by atoms with Gasteiger partial charge in [-0.05, 0) is 54.8 Å². The molecule has 0 saturated heterocycles. The molecular weight excluding hydrogens is 266 g/mol. The first kappa shape index (κ1) is 13.7. The van der Waals surface area contributed by atoms with Crippen molar-refractivity contribution in [2.24, 2.45) is 0 Å². The van der Waals surface area contributed by atoms with E-state index in [2.05, 4.69) is 43.6 Å². The molecule has 1 aliphatic rings. The van der Waals surface area contributed by atoms with Gasteiger partial charge < -0.3 is 10.4 Å². The molecule has 0 amide bonds. The Morgan fingerprint density at radius 1 is 1.30 bits per heavy atom. The molecule has 3 heteroatoms. The number of aryl methyl sites for hydroxylation is 1. The van der Waals surface area contributed by atoms with Crippen LogP contribution in [0.25, 0.3) is 0 Å². The molecule has 1 aromatic carbocycles. The smallest absolute Gasteiger partial charge is 0.120 e. The number of aromatic hydroxyl groups is 1. The number of phenolic OH excluding ortho intramolecular Hbond substituents is 1. The van der Waals surface area contributed by atoms with E-state index in [1.54, 1.807) is 11.3 Å². The van der Waals surface area contributed by atoms with Crippen molar-refractivity contribution in [1.29, 1.82) is 0 Å². The molecule has 0 saturated carbocycles. The van der Waals surface area contributed by atoms with Gasteiger partial charge in [-0.1, -0.05) is 19.1 Å². The molecule has 2 unspecified atom stereocenters. The van der Waals surface area contributed by atoms with Gasteiger partial charge in [-0.15, -0.1) is 11.3 Å². The largest absolute Gasteiger partial charge is 0.508 e. The van der Waals surface area contributed by atoms with Gasteiger partial charge in [0.05, 0.1) is 0 Å². The Balaban J connectivity index is 1.90. The van der Waals surface area contributed by atoms with Crippen LogP contribution in [-0.2, 0) is 0 Å². The van der Waals surface area contributed by atoms with Gasteiger partial charge >= 0.3 is 0 Å². The standard InChI is InChI=1S/C17H21NOS/c1-10-6-7-14(19)17-13(9-11(2)16(10)17)18-12(3)15-5-4-8-20-15/h4-8,11-13,18-19H,9H2,1-3H3/t11?,12-,13?/m1/s1. The Morgan fingerprint density at radius 2 is 2.10 bits per heavy atom. The molecular formula is C17H21NOS. The SMILES string of the molecule is Cc1ccc(O)c2c1C(C)CC2N[C@H](C)c1cccs1. The predicted octanol–water partition coefficient (Wildman–Crippen LogP) is 4.66. The van der Waals surface area contributed by atoms with Crippen LogP contribution in [0.2, 0.25) is 0 Å². The van der Waals surface area contributed by atoms with Gasteiger partial charge in [0.25, 0.3) is 0 Å². The van der Waals surface area contributed by atoms with Crippen LogP contribution >= 0.6 is 11.3 Å². The van der Waals surface area contributed by atoms with E-state index in [0.29, 0.717) is 17.7 Å². The summed E-state index contributed by atoms with van der Waals surface area (Å²) in [7, 11) is 0. The molecule has 0 fully saturated rings. The minimum Gasteiger partial charge on any atom is -0.508 e. The van der Waals surface area contributed by atoms with E-state index in [9.17, 15) is 5.11 Å². The van der Waals surface area contributed by atoms with Crippen LogP contribution in [0.1, 0.15) is 59.8 Å². The Labute approximate surface area is 124 Å². The van der Waals surface area contributed by atoms with Crippen molar-refractivity contribution in [2.75, 3.05) is 0 Å². The number of benzene rings is 1. The number of thiophene rings is 1. The highest BCUT2D eigenvalue weighted by atomic mass is 32.1. The molecule has 1 aliphatic carbocycles. The van der Waals surface area contributed by atoms with Crippen LogP contribution < -0.4 is 5.32 Å². The van der Waals surface area contributed by atoms with Gasteiger partial charge in [0.15, 0.2) is 0 Å². The van der Waals surface area contributed by atoms with Gasteiger partial charge in [-0.2, -0.15) is 0 Å². The number of phenols is 1. The molecule has 3 atom stereocenters. The van der Waals surface area contributed by atoms with Gasteiger partial charge in [0.2, 0.25) is 0 Å². The summed E-state index contributed by atoms with van der Waals surface area (Å²) in [4.78, 5) is 1.35. The van der Waals surface area contributed by atoms with E-state index in [0.717, 1.165) is 12.0 Å². The monoisotopic (exact) mass is 287 g/mol. The van der Waals surface area contributed by atoms with Crippen molar-refractivity contribution in [3.8, 4) is 5.75 Å². The van der Waals surface area contributed by atoms with E-state index < -0.39 is 0 Å². The second kappa shape index (κ2) is 5.23. The molecule has 2 nitrogen and oxygen atoms in total. The number of fused-ring (bicyclic) bond motifs is 1. The lowest BCUT2D eigenvalue weighted by molar-refractivity contribution is 0.424. The van der Waals surface area contributed by atoms with Crippen molar-refractivity contribution in [3.05, 3.63) is 51.2 Å². The summed E-state index contributed by atoms with van der Waals surface area (Å²) in [6.45, 7) is 6.59. The Morgan fingerprint density at radius 3 is 2.80 bits per heavy atom. The quantitative estimate of drug-likeness (QED) is 0.860. The third kappa shape index (κ3) is 2.25. The Kier molecular flexibility index (Phi) is 3.57. The summed E-state index contributed by atoms with van der Waals surface area (Å²) >= 11 is 1.78. The third-order valence-electron chi connectivity index (χ3n) is 4.33. The molecule has 3 rings (SSSR count). The van der Waals surface area contributed by atoms with E-state index in [-0.39, 0.29) is 6.04 Å². The van der Waals surface area contributed by atoms with Gasteiger partial charge in [-0.3, -0.25) is 0 Å². The topological polar surface area (TPSA) is 32.3 Å². The summed E-state index contributed by atoms with van der Waals surface area (Å²) in [6, 6.07) is 8.67. The van der Waals surface area contributed by atoms with Crippen molar-refractivity contribution in [2.45, 2.75) is 45.2 Å². The fourth-order valence-electron chi connectivity index (χ4n) is 3.42. The fraction of sp³-hybridized carbons (Fsp3) is 0.412. The van der Waals surface area contributed by atoms with Crippen LogP contribution in [0, 0.1) is 6.92 Å². The lowest BCUT2D eigenvalue weighted by Crippen LogP contribution is -2.22. The first-order chi connectivity index (χ1) is 9.58. The molecule has 1 aromatic heterocycles. The molecule has 106 valence electrons. The van der Waals surface area contributed by atoms with Crippen LogP contribution in [0.5, 0.6) is 5.75 Å². The molecule has 2 N–H and O–H groups in total. The zero-order valence-corrected chi connectivity index (χ0v) is 13.0. The zero-order chi connectivity index (χ0) is 14.3. The van der Waals surface area contributed by atoms with Crippen molar-refractivity contribution < 1.29 is 5.11 Å². The highest BCUT2D eigenvalue weighted by molar-refractivity contribution is 7.10. The average molecular weight is 287 g/mol. The highest BCUT2D eigenvalue weighted by Gasteiger charge is 2.32. The molecule has 20 heavy (non-hydrogen) atoms. The summed E-state index contributed by atoms with van der Waals surface area (Å²) in [6.07, 6.45) is 1.06. The van der Waals surface area contributed by atoms with Gasteiger partial charge in [0, 0.05) is 22.5 Å². The minimum atomic E-state index is 0.247. The van der Waals surface area contributed by atoms with Crippen molar-refractivity contribution >= 4 is 11.3 Å². The van der Waals surface area contributed by atoms with E-state index >= 15 is 0 Å². The van der Waals surface area contributed by atoms with Crippen molar-refractivity contribution in [3.63, 3.8) is 0 Å². The summed E-state index contributed by atoms with van der Waals surface area (Å²) < 4.78 is 0. The highest BCUT2D eigenvalue weighted by Crippen LogP contribution is 2.46. The van der Waals surface area contributed by atoms with Crippen LogP contribution in [-0.4, -0.2) is 5.11 Å². The first-order valence-electron chi connectivity index (χ1n) is 7.19. The average Bonchev–Trinajstić information content (AvgIpc) is 3.03. The fourth-order valence-corrected chi connectivity index (χ4v) is 4.16. The molecule has 2 aromatic rings. The first-order valence-corrected chi connectivity index (χ1v) is 8.07. The maximum atomic E-state index is 10.3. The second-order valence-corrected chi connectivity index (χ2v) is 6.80. The van der Waals surface area contributed by atoms with Gasteiger partial charge in [0.1, 0.15) is 5.75 Å². The molecule has 1 heterocycles. The Hall–Kier alpha value is -1.32.